The first-order valence-electron chi connectivity index (χ1n) is 5.74. The van der Waals surface area contributed by atoms with Crippen LogP contribution in [-0.4, -0.2) is 25.1 Å². The summed E-state index contributed by atoms with van der Waals surface area (Å²) in [4.78, 5) is 0. The summed E-state index contributed by atoms with van der Waals surface area (Å²) >= 11 is 5.57. The zero-order chi connectivity index (χ0) is 11.8. The van der Waals surface area contributed by atoms with Gasteiger partial charge in [-0.05, 0) is 44.5 Å². The lowest BCUT2D eigenvalue weighted by molar-refractivity contribution is 0.242. The fourth-order valence-electron chi connectivity index (χ4n) is 1.43. The summed E-state index contributed by atoms with van der Waals surface area (Å²) in [7, 11) is 0. The Bertz CT molecular complexity index is 284. The molecule has 0 amide bonds. The molecule has 0 fully saturated rings. The fraction of sp³-hybridized carbons (Fsp3) is 0.538. The van der Waals surface area contributed by atoms with Crippen LogP contribution in [0, 0.1) is 0 Å². The van der Waals surface area contributed by atoms with E-state index in [1.54, 1.807) is 0 Å². The van der Waals surface area contributed by atoms with Gasteiger partial charge in [0.05, 0.1) is 6.10 Å². The highest BCUT2D eigenvalue weighted by Crippen LogP contribution is 2.13. The summed E-state index contributed by atoms with van der Waals surface area (Å²) in [6, 6.07) is 8.27. The Morgan fingerprint density at radius 2 is 1.88 bits per heavy atom. The molecular weight excluding hydrogens is 222 g/mol. The summed E-state index contributed by atoms with van der Waals surface area (Å²) in [5, 5.41) is 3.27. The van der Waals surface area contributed by atoms with E-state index in [1.165, 1.54) is 5.56 Å². The van der Waals surface area contributed by atoms with Crippen molar-refractivity contribution >= 4 is 11.6 Å². The standard InChI is InChI=1S/C13H20ClNO/c1-11(2)16-13-5-3-12(4-6-13)7-9-15-10-8-14/h3-6,11,15H,7-10H2,1-2H3. The molecule has 0 radical (unpaired) electrons. The first kappa shape index (κ1) is 13.3. The van der Waals surface area contributed by atoms with Crippen LogP contribution in [0.5, 0.6) is 5.75 Å². The number of benzene rings is 1. The van der Waals surface area contributed by atoms with E-state index in [4.69, 9.17) is 16.3 Å². The fourth-order valence-corrected chi connectivity index (χ4v) is 1.57. The monoisotopic (exact) mass is 241 g/mol. The van der Waals surface area contributed by atoms with Gasteiger partial charge in [0.2, 0.25) is 0 Å². The molecule has 90 valence electrons. The molecule has 3 heteroatoms. The highest BCUT2D eigenvalue weighted by molar-refractivity contribution is 6.18. The molecule has 2 nitrogen and oxygen atoms in total. The third kappa shape index (κ3) is 5.38. The zero-order valence-corrected chi connectivity index (χ0v) is 10.8. The van der Waals surface area contributed by atoms with Crippen LogP contribution in [0.3, 0.4) is 0 Å². The molecule has 0 aliphatic heterocycles. The lowest BCUT2D eigenvalue weighted by Gasteiger charge is -2.10. The van der Waals surface area contributed by atoms with Gasteiger partial charge in [-0.3, -0.25) is 0 Å². The van der Waals surface area contributed by atoms with Crippen LogP contribution in [0.4, 0.5) is 0 Å². The van der Waals surface area contributed by atoms with Crippen LogP contribution in [0.2, 0.25) is 0 Å². The minimum absolute atomic E-state index is 0.233. The SMILES string of the molecule is CC(C)Oc1ccc(CCNCCCl)cc1. The predicted molar refractivity (Wildman–Crippen MR) is 69.5 cm³/mol. The van der Waals surface area contributed by atoms with Crippen molar-refractivity contribution in [3.8, 4) is 5.75 Å². The average Bonchev–Trinajstić information content (AvgIpc) is 2.26. The highest BCUT2D eigenvalue weighted by atomic mass is 35.5. The van der Waals surface area contributed by atoms with Crippen molar-refractivity contribution in [2.45, 2.75) is 26.4 Å². The predicted octanol–water partition coefficient (Wildman–Crippen LogP) is 2.84. The quantitative estimate of drug-likeness (QED) is 0.586. The Morgan fingerprint density at radius 1 is 1.19 bits per heavy atom. The molecule has 0 spiro atoms. The van der Waals surface area contributed by atoms with Gasteiger partial charge in [0.1, 0.15) is 5.75 Å². The molecule has 0 saturated carbocycles. The largest absolute Gasteiger partial charge is 0.491 e. The van der Waals surface area contributed by atoms with E-state index in [9.17, 15) is 0 Å². The lowest BCUT2D eigenvalue weighted by Crippen LogP contribution is -2.19. The van der Waals surface area contributed by atoms with Crippen molar-refractivity contribution in [2.24, 2.45) is 0 Å². The van der Waals surface area contributed by atoms with Crippen LogP contribution >= 0.6 is 11.6 Å². The smallest absolute Gasteiger partial charge is 0.119 e. The van der Waals surface area contributed by atoms with E-state index in [-0.39, 0.29) is 6.10 Å². The Morgan fingerprint density at radius 3 is 2.44 bits per heavy atom. The molecule has 0 bridgehead atoms. The van der Waals surface area contributed by atoms with Gasteiger partial charge >= 0.3 is 0 Å². The minimum Gasteiger partial charge on any atom is -0.491 e. The number of rotatable bonds is 7. The van der Waals surface area contributed by atoms with Gasteiger partial charge in [-0.25, -0.2) is 0 Å². The number of nitrogens with one attached hydrogen (secondary N) is 1. The molecular formula is C13H20ClNO. The summed E-state index contributed by atoms with van der Waals surface area (Å²) in [5.41, 5.74) is 1.32. The molecule has 0 aliphatic rings. The topological polar surface area (TPSA) is 21.3 Å². The number of halogens is 1. The maximum absolute atomic E-state index is 5.58. The van der Waals surface area contributed by atoms with Crippen LogP contribution in [-0.2, 0) is 6.42 Å². The normalized spacial score (nSPS) is 10.8. The summed E-state index contributed by atoms with van der Waals surface area (Å²) in [6.45, 7) is 5.90. The minimum atomic E-state index is 0.233. The number of ether oxygens (including phenoxy) is 1. The molecule has 0 atom stereocenters. The van der Waals surface area contributed by atoms with Crippen molar-refractivity contribution in [3.05, 3.63) is 29.8 Å². The molecule has 1 rings (SSSR count). The van der Waals surface area contributed by atoms with E-state index in [1.807, 2.05) is 26.0 Å². The average molecular weight is 242 g/mol. The Hall–Kier alpha value is -0.730. The van der Waals surface area contributed by atoms with E-state index in [0.29, 0.717) is 5.88 Å². The molecule has 1 aromatic rings. The Balaban J connectivity index is 2.33. The Kier molecular flexibility index (Phi) is 6.27. The second-order valence-corrected chi connectivity index (χ2v) is 4.38. The molecule has 0 unspecified atom stereocenters. The zero-order valence-electron chi connectivity index (χ0n) is 10.0. The third-order valence-corrected chi connectivity index (χ3v) is 2.35. The van der Waals surface area contributed by atoms with Gasteiger partial charge < -0.3 is 10.1 Å². The summed E-state index contributed by atoms with van der Waals surface area (Å²) in [6.07, 6.45) is 1.26. The molecule has 1 aromatic carbocycles. The molecule has 0 saturated heterocycles. The van der Waals surface area contributed by atoms with E-state index in [2.05, 4.69) is 17.4 Å². The van der Waals surface area contributed by atoms with E-state index < -0.39 is 0 Å². The van der Waals surface area contributed by atoms with Gasteiger partial charge in [0, 0.05) is 12.4 Å². The van der Waals surface area contributed by atoms with Gasteiger partial charge in [-0.2, -0.15) is 0 Å². The Labute approximate surface area is 103 Å². The third-order valence-electron chi connectivity index (χ3n) is 2.16. The van der Waals surface area contributed by atoms with Crippen LogP contribution < -0.4 is 10.1 Å². The van der Waals surface area contributed by atoms with E-state index in [0.717, 1.165) is 25.3 Å². The molecule has 16 heavy (non-hydrogen) atoms. The lowest BCUT2D eigenvalue weighted by atomic mass is 10.1. The maximum Gasteiger partial charge on any atom is 0.119 e. The van der Waals surface area contributed by atoms with E-state index >= 15 is 0 Å². The van der Waals surface area contributed by atoms with Crippen LogP contribution in [0.1, 0.15) is 19.4 Å². The van der Waals surface area contributed by atoms with Crippen molar-refractivity contribution in [2.75, 3.05) is 19.0 Å². The number of alkyl halides is 1. The van der Waals surface area contributed by atoms with Gasteiger partial charge in [0.25, 0.3) is 0 Å². The maximum atomic E-state index is 5.58. The van der Waals surface area contributed by atoms with Crippen molar-refractivity contribution in [1.29, 1.82) is 0 Å². The second-order valence-electron chi connectivity index (χ2n) is 4.00. The summed E-state index contributed by atoms with van der Waals surface area (Å²) < 4.78 is 5.58. The van der Waals surface area contributed by atoms with Crippen molar-refractivity contribution < 1.29 is 4.74 Å². The number of hydrogen-bond acceptors (Lipinski definition) is 2. The first-order chi connectivity index (χ1) is 7.72. The van der Waals surface area contributed by atoms with Gasteiger partial charge in [-0.15, -0.1) is 11.6 Å². The molecule has 0 aromatic heterocycles. The van der Waals surface area contributed by atoms with Crippen LogP contribution in [0.15, 0.2) is 24.3 Å². The first-order valence-corrected chi connectivity index (χ1v) is 6.28. The molecule has 0 heterocycles. The molecule has 1 N–H and O–H groups in total. The van der Waals surface area contributed by atoms with Crippen LogP contribution in [0.25, 0.3) is 0 Å². The summed E-state index contributed by atoms with van der Waals surface area (Å²) in [5.74, 6) is 1.61. The second kappa shape index (κ2) is 7.53. The van der Waals surface area contributed by atoms with Gasteiger partial charge in [0.15, 0.2) is 0 Å². The van der Waals surface area contributed by atoms with Crippen molar-refractivity contribution in [3.63, 3.8) is 0 Å². The van der Waals surface area contributed by atoms with Crippen molar-refractivity contribution in [1.82, 2.24) is 5.32 Å². The number of hydrogen-bond donors (Lipinski definition) is 1. The molecule has 0 aliphatic carbocycles. The van der Waals surface area contributed by atoms with Gasteiger partial charge in [-0.1, -0.05) is 12.1 Å². The highest BCUT2D eigenvalue weighted by Gasteiger charge is 1.97.